The van der Waals surface area contributed by atoms with Crippen molar-refractivity contribution in [2.75, 3.05) is 12.4 Å². The fourth-order valence-corrected chi connectivity index (χ4v) is 4.62. The SMILES string of the molecule is C=C(C)N=C(/C=C(\C)Cn1c(-c2cccc(C)c2)cnc(NC(=C)[C@H](C)NC)c1=O)n1cc(C)c2cc(F)ccc21. The van der Waals surface area contributed by atoms with Gasteiger partial charge in [-0.05, 0) is 83.1 Å². The molecule has 0 saturated carbocycles. The number of fused-ring (bicyclic) bond motifs is 1. The summed E-state index contributed by atoms with van der Waals surface area (Å²) in [7, 11) is 1.83. The van der Waals surface area contributed by atoms with Crippen molar-refractivity contribution in [2.24, 2.45) is 4.99 Å². The normalized spacial score (nSPS) is 13.0. The highest BCUT2D eigenvalue weighted by Gasteiger charge is 2.16. The van der Waals surface area contributed by atoms with E-state index in [1.165, 1.54) is 12.1 Å². The Hall–Kier alpha value is -4.56. The number of aryl methyl sites for hydroxylation is 2. The second-order valence-corrected chi connectivity index (χ2v) is 10.5. The number of aromatic nitrogens is 3. The Kier molecular flexibility index (Phi) is 8.83. The van der Waals surface area contributed by atoms with E-state index in [4.69, 9.17) is 4.99 Å². The van der Waals surface area contributed by atoms with Crippen LogP contribution in [0.25, 0.3) is 22.2 Å². The molecule has 2 aromatic heterocycles. The molecule has 1 atom stereocenters. The molecule has 2 heterocycles. The summed E-state index contributed by atoms with van der Waals surface area (Å²) in [5.41, 5.74) is 6.30. The summed E-state index contributed by atoms with van der Waals surface area (Å²) in [5.74, 6) is 0.528. The van der Waals surface area contributed by atoms with Gasteiger partial charge < -0.3 is 15.2 Å². The van der Waals surface area contributed by atoms with Gasteiger partial charge in [-0.25, -0.2) is 14.4 Å². The molecule has 0 fully saturated rings. The summed E-state index contributed by atoms with van der Waals surface area (Å²) >= 11 is 0. The van der Waals surface area contributed by atoms with Gasteiger partial charge in [-0.1, -0.05) is 36.9 Å². The minimum absolute atomic E-state index is 0.0584. The van der Waals surface area contributed by atoms with Crippen LogP contribution in [0.1, 0.15) is 31.9 Å². The topological polar surface area (TPSA) is 76.2 Å². The molecule has 0 aliphatic carbocycles. The quantitative estimate of drug-likeness (QED) is 0.182. The maximum Gasteiger partial charge on any atom is 0.294 e. The fourth-order valence-electron chi connectivity index (χ4n) is 4.62. The zero-order valence-corrected chi connectivity index (χ0v) is 24.5. The number of benzene rings is 2. The van der Waals surface area contributed by atoms with E-state index in [0.717, 1.165) is 33.2 Å². The van der Waals surface area contributed by atoms with Gasteiger partial charge in [0.05, 0.1) is 17.4 Å². The molecule has 4 rings (SSSR count). The van der Waals surface area contributed by atoms with Crippen LogP contribution < -0.4 is 16.2 Å². The molecular weight excluding hydrogens is 515 g/mol. The molecule has 0 bridgehead atoms. The minimum atomic E-state index is -0.291. The highest BCUT2D eigenvalue weighted by Crippen LogP contribution is 2.24. The molecule has 41 heavy (non-hydrogen) atoms. The molecule has 0 amide bonds. The summed E-state index contributed by atoms with van der Waals surface area (Å²) in [5, 5.41) is 7.02. The molecule has 0 aliphatic rings. The smallest absolute Gasteiger partial charge is 0.294 e. The molecule has 8 heteroatoms. The maximum atomic E-state index is 14.0. The van der Waals surface area contributed by atoms with Crippen LogP contribution in [-0.4, -0.2) is 33.0 Å². The predicted molar refractivity (Wildman–Crippen MR) is 168 cm³/mol. The van der Waals surface area contributed by atoms with Crippen molar-refractivity contribution in [1.29, 1.82) is 0 Å². The molecule has 4 aromatic rings. The van der Waals surface area contributed by atoms with Gasteiger partial charge in [-0.15, -0.1) is 0 Å². The van der Waals surface area contributed by atoms with Crippen molar-refractivity contribution in [1.82, 2.24) is 19.4 Å². The fraction of sp³-hybridized carbons (Fsp3) is 0.242. The Morgan fingerprint density at radius 2 is 1.93 bits per heavy atom. The van der Waals surface area contributed by atoms with Crippen LogP contribution in [0.2, 0.25) is 0 Å². The van der Waals surface area contributed by atoms with Crippen molar-refractivity contribution >= 4 is 22.6 Å². The van der Waals surface area contributed by atoms with Gasteiger partial charge in [0.1, 0.15) is 11.7 Å². The third-order valence-electron chi connectivity index (χ3n) is 6.90. The van der Waals surface area contributed by atoms with E-state index in [0.29, 0.717) is 22.9 Å². The van der Waals surface area contributed by atoms with Gasteiger partial charge >= 0.3 is 0 Å². The van der Waals surface area contributed by atoms with Gasteiger partial charge in [0.25, 0.3) is 5.56 Å². The van der Waals surface area contributed by atoms with Crippen LogP contribution in [0.5, 0.6) is 0 Å². The standard InChI is InChI=1S/C33H37FN6O/c1-20(2)37-31(39-19-23(5)28-16-27(34)12-13-29(28)39)15-22(4)18-40-30(26-11-9-10-21(3)14-26)17-36-32(33(40)41)38-25(7)24(6)35-8/h9-17,19,24,35H,1,7,18H2,2-6,8H3,(H,36,38)/b22-15+,37-31?/t24-/m0/s1. The highest BCUT2D eigenvalue weighted by atomic mass is 19.1. The Balaban J connectivity index is 1.82. The zero-order chi connectivity index (χ0) is 29.8. The molecule has 2 N–H and O–H groups in total. The molecule has 212 valence electrons. The van der Waals surface area contributed by atoms with E-state index in [1.54, 1.807) is 16.8 Å². The number of likely N-dealkylation sites (N-methyl/N-ethyl adjacent to an activating group) is 1. The first kappa shape index (κ1) is 29.4. The summed E-state index contributed by atoms with van der Waals surface area (Å²) in [6, 6.07) is 12.6. The Labute approximate surface area is 240 Å². The zero-order valence-electron chi connectivity index (χ0n) is 24.5. The molecule has 2 aromatic carbocycles. The van der Waals surface area contributed by atoms with Crippen molar-refractivity contribution in [3.8, 4) is 11.3 Å². The van der Waals surface area contributed by atoms with Crippen LogP contribution in [-0.2, 0) is 6.54 Å². The Morgan fingerprint density at radius 3 is 2.61 bits per heavy atom. The second-order valence-electron chi connectivity index (χ2n) is 10.5. The first-order valence-corrected chi connectivity index (χ1v) is 13.5. The van der Waals surface area contributed by atoms with Crippen LogP contribution in [0.3, 0.4) is 0 Å². The number of allylic oxidation sites excluding steroid dienone is 3. The highest BCUT2D eigenvalue weighted by molar-refractivity contribution is 6.03. The number of nitrogens with zero attached hydrogens (tertiary/aromatic N) is 4. The molecular formula is C33H37FN6O. The first-order valence-electron chi connectivity index (χ1n) is 13.5. The largest absolute Gasteiger partial charge is 0.338 e. The number of halogens is 1. The number of rotatable bonds is 9. The van der Waals surface area contributed by atoms with E-state index in [9.17, 15) is 9.18 Å². The van der Waals surface area contributed by atoms with E-state index < -0.39 is 0 Å². The molecule has 0 saturated heterocycles. The van der Waals surface area contributed by atoms with Gasteiger partial charge in [-0.2, -0.15) is 0 Å². The van der Waals surface area contributed by atoms with Crippen molar-refractivity contribution in [3.63, 3.8) is 0 Å². The van der Waals surface area contributed by atoms with Crippen LogP contribution in [0.15, 0.2) is 101 Å². The third-order valence-corrected chi connectivity index (χ3v) is 6.90. The maximum absolute atomic E-state index is 14.0. The lowest BCUT2D eigenvalue weighted by Gasteiger charge is -2.18. The van der Waals surface area contributed by atoms with Gasteiger partial charge in [0, 0.05) is 41.1 Å². The summed E-state index contributed by atoms with van der Waals surface area (Å²) in [4.78, 5) is 23.0. The summed E-state index contributed by atoms with van der Waals surface area (Å²) < 4.78 is 17.6. The molecule has 0 unspecified atom stereocenters. The lowest BCUT2D eigenvalue weighted by Crippen LogP contribution is -2.31. The van der Waals surface area contributed by atoms with Crippen molar-refractivity contribution < 1.29 is 4.39 Å². The average Bonchev–Trinajstić information content (AvgIpc) is 3.25. The monoisotopic (exact) mass is 552 g/mol. The van der Waals surface area contributed by atoms with Gasteiger partial charge in [0.2, 0.25) is 0 Å². The van der Waals surface area contributed by atoms with E-state index in [1.807, 2.05) is 82.8 Å². The van der Waals surface area contributed by atoms with Crippen LogP contribution in [0.4, 0.5) is 10.2 Å². The molecule has 7 nitrogen and oxygen atoms in total. The van der Waals surface area contributed by atoms with Gasteiger partial charge in [0.15, 0.2) is 5.82 Å². The minimum Gasteiger partial charge on any atom is -0.338 e. The lowest BCUT2D eigenvalue weighted by atomic mass is 10.1. The average molecular weight is 553 g/mol. The number of hydrogen-bond donors (Lipinski definition) is 2. The Bertz CT molecular complexity index is 1760. The van der Waals surface area contributed by atoms with Crippen LogP contribution >= 0.6 is 0 Å². The molecule has 0 spiro atoms. The number of aliphatic imine (C=N–C) groups is 1. The first-order chi connectivity index (χ1) is 19.5. The van der Waals surface area contributed by atoms with E-state index in [2.05, 4.69) is 28.8 Å². The summed E-state index contributed by atoms with van der Waals surface area (Å²) in [6.45, 7) is 18.0. The third kappa shape index (κ3) is 6.61. The summed E-state index contributed by atoms with van der Waals surface area (Å²) in [6.07, 6.45) is 5.57. The number of anilines is 1. The Morgan fingerprint density at radius 1 is 1.17 bits per heavy atom. The number of nitrogens with one attached hydrogen (secondary N) is 2. The van der Waals surface area contributed by atoms with E-state index >= 15 is 0 Å². The predicted octanol–water partition coefficient (Wildman–Crippen LogP) is 6.58. The van der Waals surface area contributed by atoms with E-state index in [-0.39, 0.29) is 29.8 Å². The lowest BCUT2D eigenvalue weighted by molar-refractivity contribution is 0.629. The molecule has 0 radical (unpaired) electrons. The number of hydrogen-bond acceptors (Lipinski definition) is 5. The van der Waals surface area contributed by atoms with Crippen molar-refractivity contribution in [3.05, 3.63) is 118 Å². The van der Waals surface area contributed by atoms with Crippen molar-refractivity contribution in [2.45, 2.75) is 47.2 Å². The van der Waals surface area contributed by atoms with Crippen LogP contribution in [0, 0.1) is 19.7 Å². The second kappa shape index (κ2) is 12.3. The molecule has 0 aliphatic heterocycles. The van der Waals surface area contributed by atoms with Gasteiger partial charge in [-0.3, -0.25) is 9.36 Å².